The van der Waals surface area contributed by atoms with Crippen molar-refractivity contribution in [3.63, 3.8) is 0 Å². The molecule has 2 N–H and O–H groups in total. The average Bonchev–Trinajstić information content (AvgIpc) is 3.35. The summed E-state index contributed by atoms with van der Waals surface area (Å²) >= 11 is 6.38. The highest BCUT2D eigenvalue weighted by atomic mass is 35.5. The SMILES string of the molecule is Nc1cc(-c2cc(Cl)cc3c2O[C@@H](C(=O)N2CCN(CCOCCOCCOCCN=O)CC2)C3)ccn1. The minimum absolute atomic E-state index is 0.00281. The molecule has 206 valence electrons. The fraction of sp³-hybridized carbons (Fsp3) is 0.538. The first-order valence-electron chi connectivity index (χ1n) is 12.8. The Kier molecular flexibility index (Phi) is 10.6. The number of carbonyl (C=O) groups is 1. The number of halogens is 1. The molecule has 2 aliphatic heterocycles. The lowest BCUT2D eigenvalue weighted by Gasteiger charge is -2.35. The number of carbonyl (C=O) groups excluding carboxylic acids is 1. The molecule has 12 heteroatoms. The van der Waals surface area contributed by atoms with Gasteiger partial charge in [-0.05, 0) is 29.8 Å². The van der Waals surface area contributed by atoms with E-state index < -0.39 is 6.10 Å². The van der Waals surface area contributed by atoms with Crippen molar-refractivity contribution in [2.45, 2.75) is 12.5 Å². The number of nitrogens with zero attached hydrogens (tertiary/aromatic N) is 4. The summed E-state index contributed by atoms with van der Waals surface area (Å²) in [6.07, 6.45) is 1.56. The molecule has 11 nitrogen and oxygen atoms in total. The first kappa shape index (κ1) is 28.2. The number of anilines is 1. The van der Waals surface area contributed by atoms with Crippen LogP contribution in [-0.2, 0) is 25.4 Å². The summed E-state index contributed by atoms with van der Waals surface area (Å²) in [4.78, 5) is 31.4. The van der Waals surface area contributed by atoms with E-state index in [2.05, 4.69) is 15.1 Å². The lowest BCUT2D eigenvalue weighted by Crippen LogP contribution is -2.52. The first-order valence-corrected chi connectivity index (χ1v) is 13.2. The van der Waals surface area contributed by atoms with Crippen LogP contribution in [0.5, 0.6) is 5.75 Å². The molecule has 38 heavy (non-hydrogen) atoms. The van der Waals surface area contributed by atoms with Gasteiger partial charge in [0.05, 0.1) is 39.6 Å². The molecule has 4 rings (SSSR count). The Balaban J connectivity index is 1.16. The van der Waals surface area contributed by atoms with Gasteiger partial charge < -0.3 is 29.6 Å². The quantitative estimate of drug-likeness (QED) is 0.279. The van der Waals surface area contributed by atoms with Crippen LogP contribution in [0.25, 0.3) is 11.1 Å². The molecule has 0 saturated carbocycles. The Bertz CT molecular complexity index is 1080. The third kappa shape index (κ3) is 7.84. The largest absolute Gasteiger partial charge is 0.479 e. The van der Waals surface area contributed by atoms with Crippen molar-refractivity contribution in [3.8, 4) is 16.9 Å². The van der Waals surface area contributed by atoms with Crippen molar-refractivity contribution in [1.82, 2.24) is 14.8 Å². The standard InChI is InChI=1S/C26H34ClN5O6/c27-21-15-20-16-23(38-25(20)22(18-21)19-1-2-29-24(28)17-19)26(33)32-6-4-31(5-7-32)8-10-36-12-14-37-13-11-35-9-3-30-34/h1-2,15,17-18,23H,3-14,16H2,(H2,28,29)/t23-/m1/s1. The van der Waals surface area contributed by atoms with E-state index in [9.17, 15) is 9.70 Å². The second-order valence-electron chi connectivity index (χ2n) is 9.08. The maximum absolute atomic E-state index is 13.3. The number of fused-ring (bicyclic) bond motifs is 1. The minimum Gasteiger partial charge on any atom is -0.479 e. The van der Waals surface area contributed by atoms with Crippen molar-refractivity contribution in [2.24, 2.45) is 5.18 Å². The predicted molar refractivity (Wildman–Crippen MR) is 143 cm³/mol. The fourth-order valence-electron chi connectivity index (χ4n) is 4.53. The van der Waals surface area contributed by atoms with E-state index in [1.54, 1.807) is 12.3 Å². The monoisotopic (exact) mass is 547 g/mol. The number of nitrogens with two attached hydrogens (primary N) is 1. The van der Waals surface area contributed by atoms with Gasteiger partial charge in [0.25, 0.3) is 5.91 Å². The molecule has 1 saturated heterocycles. The van der Waals surface area contributed by atoms with E-state index in [4.69, 9.17) is 36.3 Å². The molecule has 2 aliphatic rings. The molecule has 1 aromatic carbocycles. The molecular formula is C26H34ClN5O6. The molecule has 1 amide bonds. The van der Waals surface area contributed by atoms with Crippen LogP contribution in [0.4, 0.5) is 5.82 Å². The maximum Gasteiger partial charge on any atom is 0.264 e. The summed E-state index contributed by atoms with van der Waals surface area (Å²) in [5.74, 6) is 1.09. The van der Waals surface area contributed by atoms with Crippen LogP contribution >= 0.6 is 11.6 Å². The molecule has 0 bridgehead atoms. The van der Waals surface area contributed by atoms with Gasteiger partial charge in [-0.15, -0.1) is 0 Å². The van der Waals surface area contributed by atoms with E-state index in [1.165, 1.54) is 0 Å². The number of piperazine rings is 1. The summed E-state index contributed by atoms with van der Waals surface area (Å²) < 4.78 is 22.4. The smallest absolute Gasteiger partial charge is 0.264 e. The van der Waals surface area contributed by atoms with Crippen LogP contribution in [0.15, 0.2) is 35.6 Å². The summed E-state index contributed by atoms with van der Waals surface area (Å²) in [6.45, 7) is 6.63. The second kappa shape index (κ2) is 14.4. The van der Waals surface area contributed by atoms with Gasteiger partial charge in [-0.2, -0.15) is 4.91 Å². The van der Waals surface area contributed by atoms with Gasteiger partial charge in [0.1, 0.15) is 18.1 Å². The van der Waals surface area contributed by atoms with Crippen molar-refractivity contribution in [3.05, 3.63) is 46.0 Å². The number of rotatable bonds is 14. The number of ether oxygens (including phenoxy) is 4. The number of pyridine rings is 1. The lowest BCUT2D eigenvalue weighted by atomic mass is 10.0. The summed E-state index contributed by atoms with van der Waals surface area (Å²) in [7, 11) is 0. The Labute approximate surface area is 227 Å². The molecule has 1 atom stereocenters. The zero-order chi connectivity index (χ0) is 26.7. The minimum atomic E-state index is -0.566. The molecule has 0 spiro atoms. The third-order valence-corrected chi connectivity index (χ3v) is 6.69. The number of nitroso groups, excluding NO2 is 1. The summed E-state index contributed by atoms with van der Waals surface area (Å²) in [5.41, 5.74) is 8.45. The van der Waals surface area contributed by atoms with E-state index in [0.717, 1.165) is 36.3 Å². The molecular weight excluding hydrogens is 514 g/mol. The first-order chi connectivity index (χ1) is 18.5. The molecule has 1 fully saturated rings. The number of hydrogen-bond donors (Lipinski definition) is 1. The number of aromatic nitrogens is 1. The fourth-order valence-corrected chi connectivity index (χ4v) is 4.77. The number of benzene rings is 1. The van der Waals surface area contributed by atoms with Gasteiger partial charge in [0.2, 0.25) is 0 Å². The second-order valence-corrected chi connectivity index (χ2v) is 9.51. The van der Waals surface area contributed by atoms with Crippen LogP contribution in [0.1, 0.15) is 5.56 Å². The predicted octanol–water partition coefficient (Wildman–Crippen LogP) is 2.25. The summed E-state index contributed by atoms with van der Waals surface area (Å²) in [6, 6.07) is 7.32. The maximum atomic E-state index is 13.3. The number of hydrogen-bond acceptors (Lipinski definition) is 10. The van der Waals surface area contributed by atoms with Gasteiger partial charge in [-0.3, -0.25) is 9.69 Å². The molecule has 0 unspecified atom stereocenters. The number of nitrogen functional groups attached to an aromatic ring is 1. The Morgan fingerprint density at radius 3 is 2.47 bits per heavy atom. The van der Waals surface area contributed by atoms with Crippen LogP contribution in [0, 0.1) is 4.91 Å². The molecule has 0 aliphatic carbocycles. The Hall–Kier alpha value is -2.83. The van der Waals surface area contributed by atoms with E-state index in [0.29, 0.717) is 75.7 Å². The lowest BCUT2D eigenvalue weighted by molar-refractivity contribution is -0.139. The highest BCUT2D eigenvalue weighted by molar-refractivity contribution is 6.31. The highest BCUT2D eigenvalue weighted by Crippen LogP contribution is 2.41. The Morgan fingerprint density at radius 1 is 1.05 bits per heavy atom. The van der Waals surface area contributed by atoms with E-state index in [1.807, 2.05) is 23.1 Å². The molecule has 2 aromatic rings. The van der Waals surface area contributed by atoms with Gasteiger partial charge in [-0.1, -0.05) is 16.8 Å². The van der Waals surface area contributed by atoms with Crippen molar-refractivity contribution >= 4 is 23.3 Å². The van der Waals surface area contributed by atoms with E-state index in [-0.39, 0.29) is 12.5 Å². The van der Waals surface area contributed by atoms with Crippen LogP contribution in [-0.4, -0.2) is 106 Å². The molecule has 3 heterocycles. The zero-order valence-corrected chi connectivity index (χ0v) is 22.1. The highest BCUT2D eigenvalue weighted by Gasteiger charge is 2.35. The number of amides is 1. The zero-order valence-electron chi connectivity index (χ0n) is 21.4. The van der Waals surface area contributed by atoms with Gasteiger partial charge in [-0.25, -0.2) is 4.98 Å². The van der Waals surface area contributed by atoms with Crippen LogP contribution < -0.4 is 10.5 Å². The average molecular weight is 548 g/mol. The summed E-state index contributed by atoms with van der Waals surface area (Å²) in [5, 5.41) is 3.31. The van der Waals surface area contributed by atoms with E-state index >= 15 is 0 Å². The molecule has 0 radical (unpaired) electrons. The van der Waals surface area contributed by atoms with Gasteiger partial charge in [0.15, 0.2) is 6.10 Å². The third-order valence-electron chi connectivity index (χ3n) is 6.47. The van der Waals surface area contributed by atoms with Gasteiger partial charge in [0, 0.05) is 61.5 Å². The van der Waals surface area contributed by atoms with Crippen LogP contribution in [0.3, 0.4) is 0 Å². The topological polar surface area (TPSA) is 129 Å². The normalized spacial score (nSPS) is 17.3. The van der Waals surface area contributed by atoms with Gasteiger partial charge >= 0.3 is 0 Å². The Morgan fingerprint density at radius 2 is 1.76 bits per heavy atom. The molecule has 1 aromatic heterocycles. The van der Waals surface area contributed by atoms with Crippen molar-refractivity contribution < 1.29 is 23.7 Å². The van der Waals surface area contributed by atoms with Crippen molar-refractivity contribution in [2.75, 3.05) is 84.6 Å². The van der Waals surface area contributed by atoms with Crippen LogP contribution in [0.2, 0.25) is 5.02 Å². The van der Waals surface area contributed by atoms with Crippen molar-refractivity contribution in [1.29, 1.82) is 0 Å².